The summed E-state index contributed by atoms with van der Waals surface area (Å²) in [5.41, 5.74) is 4.36. The number of hydrogen-bond acceptors (Lipinski definition) is 16. The third kappa shape index (κ3) is 7.19. The minimum Gasteiger partial charge on any atom is -0.489 e. The average Bonchev–Trinajstić information content (AvgIpc) is 3.71. The largest absolute Gasteiger partial charge is 0.489 e. The molecule has 0 aliphatic carbocycles. The van der Waals surface area contributed by atoms with Crippen LogP contribution in [0.15, 0.2) is 41.0 Å². The molecule has 1 saturated heterocycles. The number of tetrazole rings is 1. The zero-order valence-corrected chi connectivity index (χ0v) is 26.4. The van der Waals surface area contributed by atoms with E-state index in [1.807, 2.05) is 18.2 Å². The highest BCUT2D eigenvalue weighted by Gasteiger charge is 2.57. The van der Waals surface area contributed by atoms with Gasteiger partial charge in [0.2, 0.25) is 11.9 Å². The summed E-state index contributed by atoms with van der Waals surface area (Å²) in [5.74, 6) is -1.15. The number of ketones is 1. The molecule has 1 unspecified atom stereocenters. The van der Waals surface area contributed by atoms with Crippen LogP contribution in [0.2, 0.25) is 0 Å². The number of nitrogens with two attached hydrogens (primary N) is 1. The molecule has 5 rings (SSSR count). The van der Waals surface area contributed by atoms with Gasteiger partial charge in [-0.1, -0.05) is 17.3 Å². The van der Waals surface area contributed by atoms with E-state index in [1.165, 1.54) is 19.2 Å². The molecule has 18 nitrogen and oxygen atoms in total. The van der Waals surface area contributed by atoms with Gasteiger partial charge in [-0.3, -0.25) is 14.1 Å². The van der Waals surface area contributed by atoms with Crippen molar-refractivity contribution in [2.24, 2.45) is 11.1 Å². The van der Waals surface area contributed by atoms with Gasteiger partial charge in [-0.2, -0.15) is 18.7 Å². The van der Waals surface area contributed by atoms with Gasteiger partial charge in [0.25, 0.3) is 5.91 Å². The van der Waals surface area contributed by atoms with E-state index >= 15 is 0 Å². The van der Waals surface area contributed by atoms with Crippen molar-refractivity contribution < 1.29 is 36.4 Å². The number of Topliss-reactive ketones (excluding diaryl/α,β-unsaturated/α-hetero) is 1. The van der Waals surface area contributed by atoms with Crippen molar-refractivity contribution >= 4 is 60.9 Å². The van der Waals surface area contributed by atoms with Crippen molar-refractivity contribution in [2.45, 2.75) is 45.3 Å². The van der Waals surface area contributed by atoms with Crippen LogP contribution < -0.4 is 15.8 Å². The number of anilines is 2. The van der Waals surface area contributed by atoms with Gasteiger partial charge >= 0.3 is 10.4 Å². The van der Waals surface area contributed by atoms with Gasteiger partial charge < -0.3 is 20.6 Å². The average molecular weight is 675 g/mol. The summed E-state index contributed by atoms with van der Waals surface area (Å²) in [6.45, 7) is 5.65. The molecular weight excluding hydrogens is 644 g/mol. The Balaban J connectivity index is 1.35. The number of β-lactam (4-membered cyclic amide) rings is 1. The molecule has 4 aromatic rings. The Bertz CT molecular complexity index is 1860. The molecule has 1 aliphatic rings. The van der Waals surface area contributed by atoms with Gasteiger partial charge in [0.05, 0.1) is 11.5 Å². The molecule has 0 bridgehead atoms. The number of nitrogens with one attached hydrogen (secondary N) is 2. The molecule has 0 saturated carbocycles. The predicted octanol–water partition coefficient (Wildman–Crippen LogP) is 2.08. The first-order valence-electron chi connectivity index (χ1n) is 13.9. The maximum absolute atomic E-state index is 13.5. The number of H-pyrrole nitrogens is 1. The molecule has 0 radical (unpaired) electrons. The zero-order valence-electron chi connectivity index (χ0n) is 24.8. The molecule has 46 heavy (non-hydrogen) atoms. The number of oxime groups is 1. The summed E-state index contributed by atoms with van der Waals surface area (Å²) in [4.78, 5) is 40.5. The van der Waals surface area contributed by atoms with Crippen molar-refractivity contribution in [1.82, 2.24) is 35.7 Å². The second-order valence-corrected chi connectivity index (χ2v) is 12.5. The summed E-state index contributed by atoms with van der Waals surface area (Å²) in [5, 5.41) is 25.2. The van der Waals surface area contributed by atoms with Crippen molar-refractivity contribution in [2.75, 3.05) is 24.2 Å². The molecule has 1 fully saturated rings. The second kappa shape index (κ2) is 13.3. The van der Waals surface area contributed by atoms with Crippen molar-refractivity contribution in [1.29, 1.82) is 0 Å². The first-order chi connectivity index (χ1) is 21.9. The summed E-state index contributed by atoms with van der Waals surface area (Å²) in [6, 6.07) is 7.35. The highest BCUT2D eigenvalue weighted by molar-refractivity contribution is 7.80. The highest BCUT2D eigenvalue weighted by atomic mass is 32.3. The number of hydrogen-bond donors (Lipinski definition) is 4. The fourth-order valence-corrected chi connectivity index (χ4v) is 5.66. The fraction of sp³-hybridized carbons (Fsp3) is 0.385. The standard InChI is InChI=1S/C26H30N10O8S2/c1-4-8-28-22-16-6-5-15(10-14(16)7-9-29-22)42-12-20(23-31-34-35-32-23)43-33-21(18-13-45-25(27)30-18)19(37)11-17-24(38)36(26(17,2)3)44-46(39,40)41/h5-7,9-10,13,17,20H,4,8,11-12H2,1-3H3,(H2,27,30)(H,28,29)(H,39,40,41)(H,31,32,34,35)/b33-21-/t17?,20-/m1/s1. The maximum Gasteiger partial charge on any atom is 0.418 e. The highest BCUT2D eigenvalue weighted by Crippen LogP contribution is 2.40. The number of ether oxygens (including phenoxy) is 1. The van der Waals surface area contributed by atoms with Crippen LogP contribution in [0, 0.1) is 5.92 Å². The molecular formula is C26H30N10O8S2. The molecule has 4 heterocycles. The van der Waals surface area contributed by atoms with Gasteiger partial charge in [0, 0.05) is 29.9 Å². The van der Waals surface area contributed by atoms with Gasteiger partial charge in [-0.15, -0.1) is 25.8 Å². The van der Waals surface area contributed by atoms with Crippen molar-refractivity contribution in [3.63, 3.8) is 0 Å². The van der Waals surface area contributed by atoms with E-state index in [2.05, 4.69) is 52.3 Å². The van der Waals surface area contributed by atoms with Crippen LogP contribution in [0.4, 0.5) is 10.9 Å². The number of pyridine rings is 1. The number of amides is 1. The van der Waals surface area contributed by atoms with E-state index in [9.17, 15) is 18.0 Å². The van der Waals surface area contributed by atoms with Gasteiger partial charge in [0.15, 0.2) is 16.6 Å². The molecule has 2 atom stereocenters. The van der Waals surface area contributed by atoms with E-state index in [-0.39, 0.29) is 29.0 Å². The van der Waals surface area contributed by atoms with Crippen LogP contribution in [-0.2, 0) is 29.1 Å². The zero-order chi connectivity index (χ0) is 33.1. The van der Waals surface area contributed by atoms with Crippen LogP contribution in [0.25, 0.3) is 10.8 Å². The van der Waals surface area contributed by atoms with Gasteiger partial charge in [-0.25, -0.2) is 9.97 Å². The number of carbonyl (C=O) groups excluding carboxylic acids is 2. The number of carbonyl (C=O) groups is 2. The number of aromatic amines is 1. The second-order valence-electron chi connectivity index (χ2n) is 10.6. The van der Waals surface area contributed by atoms with Crippen LogP contribution in [0.1, 0.15) is 51.2 Å². The summed E-state index contributed by atoms with van der Waals surface area (Å²) in [6.07, 6.45) is 1.18. The Morgan fingerprint density at radius 3 is 2.78 bits per heavy atom. The Hall–Kier alpha value is -4.79. The van der Waals surface area contributed by atoms with Crippen LogP contribution in [0.3, 0.4) is 0 Å². The number of thiazole rings is 1. The maximum atomic E-state index is 13.5. The van der Waals surface area contributed by atoms with Crippen LogP contribution in [-0.4, -0.2) is 84.7 Å². The number of nitrogens with zero attached hydrogens (tertiary/aromatic N) is 7. The molecule has 5 N–H and O–H groups in total. The molecule has 244 valence electrons. The monoisotopic (exact) mass is 674 g/mol. The molecule has 0 spiro atoms. The first kappa shape index (κ1) is 32.6. The minimum atomic E-state index is -4.96. The Labute approximate surface area is 266 Å². The summed E-state index contributed by atoms with van der Waals surface area (Å²) < 4.78 is 41.7. The van der Waals surface area contributed by atoms with Crippen LogP contribution in [0.5, 0.6) is 5.75 Å². The number of rotatable bonds is 15. The Kier molecular flexibility index (Phi) is 9.42. The Morgan fingerprint density at radius 1 is 1.33 bits per heavy atom. The quantitative estimate of drug-likeness (QED) is 0.0610. The minimum absolute atomic E-state index is 0.0812. The van der Waals surface area contributed by atoms with Gasteiger partial charge in [0.1, 0.15) is 23.9 Å². The molecule has 1 amide bonds. The van der Waals surface area contributed by atoms with E-state index in [1.54, 1.807) is 12.3 Å². The number of fused-ring (bicyclic) bond motifs is 1. The molecule has 1 aliphatic heterocycles. The topological polar surface area (TPSA) is 250 Å². The number of benzene rings is 1. The number of nitrogen functional groups attached to an aromatic ring is 1. The third-order valence-electron chi connectivity index (χ3n) is 7.06. The number of hydroxylamine groups is 2. The summed E-state index contributed by atoms with van der Waals surface area (Å²) in [7, 11) is -4.96. The third-order valence-corrected chi connectivity index (χ3v) is 8.07. The van der Waals surface area contributed by atoms with Crippen molar-refractivity contribution in [3.05, 3.63) is 47.4 Å². The van der Waals surface area contributed by atoms with E-state index in [4.69, 9.17) is 19.9 Å². The lowest BCUT2D eigenvalue weighted by molar-refractivity contribution is -0.228. The van der Waals surface area contributed by atoms with Crippen LogP contribution >= 0.6 is 11.3 Å². The Morgan fingerprint density at radius 2 is 2.13 bits per heavy atom. The molecule has 20 heteroatoms. The fourth-order valence-electron chi connectivity index (χ4n) is 4.66. The smallest absolute Gasteiger partial charge is 0.418 e. The first-order valence-corrected chi connectivity index (χ1v) is 16.1. The molecule has 1 aromatic carbocycles. The molecule has 3 aromatic heterocycles. The van der Waals surface area contributed by atoms with E-state index in [0.29, 0.717) is 10.8 Å². The number of aromatic nitrogens is 6. The summed E-state index contributed by atoms with van der Waals surface area (Å²) >= 11 is 1.06. The van der Waals surface area contributed by atoms with E-state index < -0.39 is 46.1 Å². The van der Waals surface area contributed by atoms with Crippen molar-refractivity contribution in [3.8, 4) is 5.75 Å². The normalized spacial score (nSPS) is 17.0. The lowest BCUT2D eigenvalue weighted by atomic mass is 9.74. The van der Waals surface area contributed by atoms with Gasteiger partial charge in [-0.05, 0) is 49.9 Å². The SMILES string of the molecule is CCCNc1nccc2cc(OC[C@@H](O/N=C(\C(=O)CC3C(=O)N(OS(=O)(=O)O)C3(C)C)c3csc(N)n3)c3nn[nH]n3)ccc12. The van der Waals surface area contributed by atoms with E-state index in [0.717, 1.165) is 40.9 Å². The lowest BCUT2D eigenvalue weighted by Crippen LogP contribution is -2.68. The lowest BCUT2D eigenvalue weighted by Gasteiger charge is -2.50. The predicted molar refractivity (Wildman–Crippen MR) is 164 cm³/mol.